The number of carboxylic acids is 1. The highest BCUT2D eigenvalue weighted by Gasteiger charge is 2.40. The fourth-order valence-corrected chi connectivity index (χ4v) is 4.46. The SMILES string of the molecule is C[C@H]1CN(C(=O)OC(C)(C)C)CCN1[C@@H]1C[C@@H](C(=O)O)CN(C(=O)OCc2ccccc2)C1. The van der Waals surface area contributed by atoms with Crippen molar-refractivity contribution in [2.75, 3.05) is 32.7 Å². The predicted octanol–water partition coefficient (Wildman–Crippen LogP) is 3.04. The number of hydrogen-bond acceptors (Lipinski definition) is 6. The third-order valence-electron chi connectivity index (χ3n) is 6.04. The molecule has 1 aromatic rings. The Kier molecular flexibility index (Phi) is 7.84. The second kappa shape index (κ2) is 10.4. The lowest BCUT2D eigenvalue weighted by Gasteiger charge is -2.47. The number of amides is 2. The maximum atomic E-state index is 12.7. The van der Waals surface area contributed by atoms with Gasteiger partial charge >= 0.3 is 18.2 Å². The maximum Gasteiger partial charge on any atom is 0.410 e. The van der Waals surface area contributed by atoms with Gasteiger partial charge in [0.15, 0.2) is 0 Å². The van der Waals surface area contributed by atoms with E-state index in [0.29, 0.717) is 32.6 Å². The van der Waals surface area contributed by atoms with Crippen LogP contribution in [0.5, 0.6) is 0 Å². The third-order valence-corrected chi connectivity index (χ3v) is 6.04. The minimum absolute atomic E-state index is 0.00556. The molecular weight excluding hydrogens is 426 g/mol. The number of benzene rings is 1. The quantitative estimate of drug-likeness (QED) is 0.736. The van der Waals surface area contributed by atoms with E-state index in [9.17, 15) is 19.5 Å². The van der Waals surface area contributed by atoms with E-state index in [0.717, 1.165) is 5.56 Å². The number of rotatable bonds is 4. The summed E-state index contributed by atoms with van der Waals surface area (Å²) in [4.78, 5) is 42.4. The summed E-state index contributed by atoms with van der Waals surface area (Å²) in [5.74, 6) is -1.58. The molecule has 0 aromatic heterocycles. The fourth-order valence-electron chi connectivity index (χ4n) is 4.46. The monoisotopic (exact) mass is 461 g/mol. The molecule has 0 radical (unpaired) electrons. The van der Waals surface area contributed by atoms with Crippen LogP contribution in [0.1, 0.15) is 39.7 Å². The van der Waals surface area contributed by atoms with Crippen molar-refractivity contribution in [3.63, 3.8) is 0 Å². The molecule has 33 heavy (non-hydrogen) atoms. The van der Waals surface area contributed by atoms with Crippen LogP contribution in [0.15, 0.2) is 30.3 Å². The first-order valence-electron chi connectivity index (χ1n) is 11.5. The smallest absolute Gasteiger partial charge is 0.410 e. The highest BCUT2D eigenvalue weighted by atomic mass is 16.6. The number of piperidine rings is 1. The van der Waals surface area contributed by atoms with E-state index in [4.69, 9.17) is 9.47 Å². The predicted molar refractivity (Wildman–Crippen MR) is 122 cm³/mol. The van der Waals surface area contributed by atoms with Gasteiger partial charge in [-0.05, 0) is 39.7 Å². The average Bonchev–Trinajstić information content (AvgIpc) is 2.76. The molecule has 9 heteroatoms. The molecule has 3 atom stereocenters. The Hall–Kier alpha value is -2.81. The summed E-state index contributed by atoms with van der Waals surface area (Å²) in [5, 5.41) is 9.68. The standard InChI is InChI=1S/C24H35N3O6/c1-17-13-25(23(31)33-24(2,3)4)10-11-27(17)20-12-19(21(28)29)14-26(15-20)22(30)32-16-18-8-6-5-7-9-18/h5-9,17,19-20H,10-16H2,1-4H3,(H,28,29)/t17-,19+,20+/m0/s1. The Morgan fingerprint density at radius 2 is 1.70 bits per heavy atom. The van der Waals surface area contributed by atoms with Crippen molar-refractivity contribution in [1.29, 1.82) is 0 Å². The number of carbonyl (C=O) groups is 3. The average molecular weight is 462 g/mol. The molecule has 1 N–H and O–H groups in total. The van der Waals surface area contributed by atoms with Crippen LogP contribution in [0.4, 0.5) is 9.59 Å². The van der Waals surface area contributed by atoms with Crippen molar-refractivity contribution in [3.05, 3.63) is 35.9 Å². The first-order chi connectivity index (χ1) is 15.5. The van der Waals surface area contributed by atoms with E-state index in [2.05, 4.69) is 4.90 Å². The minimum Gasteiger partial charge on any atom is -0.481 e. The molecule has 2 heterocycles. The number of likely N-dealkylation sites (tertiary alicyclic amines) is 1. The normalized spacial score (nSPS) is 24.3. The van der Waals surface area contributed by atoms with Gasteiger partial charge in [0, 0.05) is 44.8 Å². The van der Waals surface area contributed by atoms with Crippen molar-refractivity contribution < 1.29 is 29.0 Å². The summed E-state index contributed by atoms with van der Waals surface area (Å²) >= 11 is 0. The zero-order chi connectivity index (χ0) is 24.2. The minimum atomic E-state index is -0.916. The summed E-state index contributed by atoms with van der Waals surface area (Å²) < 4.78 is 10.9. The molecule has 2 fully saturated rings. The summed E-state index contributed by atoms with van der Waals surface area (Å²) in [5.41, 5.74) is 0.317. The molecule has 2 aliphatic heterocycles. The lowest BCUT2D eigenvalue weighted by atomic mass is 9.92. The first-order valence-corrected chi connectivity index (χ1v) is 11.5. The van der Waals surface area contributed by atoms with Gasteiger partial charge in [0.1, 0.15) is 12.2 Å². The van der Waals surface area contributed by atoms with Crippen LogP contribution in [-0.2, 0) is 20.9 Å². The summed E-state index contributed by atoms with van der Waals surface area (Å²) in [7, 11) is 0. The van der Waals surface area contributed by atoms with Gasteiger partial charge in [0.2, 0.25) is 0 Å². The molecule has 1 aromatic carbocycles. The molecule has 0 bridgehead atoms. The molecule has 182 valence electrons. The van der Waals surface area contributed by atoms with Gasteiger partial charge in [-0.3, -0.25) is 9.69 Å². The third kappa shape index (κ3) is 6.83. The highest BCUT2D eigenvalue weighted by molar-refractivity contribution is 5.73. The fraction of sp³-hybridized carbons (Fsp3) is 0.625. The van der Waals surface area contributed by atoms with Crippen molar-refractivity contribution in [2.45, 2.75) is 58.4 Å². The summed E-state index contributed by atoms with van der Waals surface area (Å²) in [6, 6.07) is 9.27. The van der Waals surface area contributed by atoms with Gasteiger partial charge in [0.05, 0.1) is 5.92 Å². The van der Waals surface area contributed by atoms with Crippen molar-refractivity contribution >= 4 is 18.2 Å². The van der Waals surface area contributed by atoms with Crippen molar-refractivity contribution in [3.8, 4) is 0 Å². The van der Waals surface area contributed by atoms with Crippen LogP contribution in [0, 0.1) is 5.92 Å². The molecule has 2 aliphatic rings. The number of carbonyl (C=O) groups excluding carboxylic acids is 2. The van der Waals surface area contributed by atoms with Gasteiger partial charge in [0.25, 0.3) is 0 Å². The number of ether oxygens (including phenoxy) is 2. The van der Waals surface area contributed by atoms with Gasteiger partial charge in [-0.1, -0.05) is 30.3 Å². The van der Waals surface area contributed by atoms with Gasteiger partial charge in [-0.25, -0.2) is 9.59 Å². The van der Waals surface area contributed by atoms with Crippen molar-refractivity contribution in [1.82, 2.24) is 14.7 Å². The van der Waals surface area contributed by atoms with Gasteiger partial charge < -0.3 is 24.4 Å². The van der Waals surface area contributed by atoms with Gasteiger partial charge in [-0.2, -0.15) is 0 Å². The molecule has 0 spiro atoms. The Morgan fingerprint density at radius 3 is 2.30 bits per heavy atom. The van der Waals surface area contributed by atoms with E-state index in [1.54, 1.807) is 4.90 Å². The molecule has 0 aliphatic carbocycles. The second-order valence-electron chi connectivity index (χ2n) is 9.88. The number of aliphatic carboxylic acids is 1. The maximum absolute atomic E-state index is 12.7. The van der Waals surface area contributed by atoms with Crippen LogP contribution in [-0.4, -0.2) is 88.4 Å². The molecule has 0 saturated carbocycles. The molecule has 2 saturated heterocycles. The molecule has 3 rings (SSSR count). The van der Waals surface area contributed by atoms with Crippen LogP contribution in [0.2, 0.25) is 0 Å². The Morgan fingerprint density at radius 1 is 1.00 bits per heavy atom. The Balaban J connectivity index is 1.62. The zero-order valence-electron chi connectivity index (χ0n) is 19.9. The van der Waals surface area contributed by atoms with E-state index in [1.165, 1.54) is 4.90 Å². The molecular formula is C24H35N3O6. The summed E-state index contributed by atoms with van der Waals surface area (Å²) in [6.45, 7) is 9.76. The lowest BCUT2D eigenvalue weighted by molar-refractivity contribution is -0.144. The number of hydrogen-bond donors (Lipinski definition) is 1. The van der Waals surface area contributed by atoms with Crippen LogP contribution in [0.25, 0.3) is 0 Å². The van der Waals surface area contributed by atoms with Gasteiger partial charge in [-0.15, -0.1) is 0 Å². The van der Waals surface area contributed by atoms with E-state index < -0.39 is 23.6 Å². The zero-order valence-corrected chi connectivity index (χ0v) is 19.9. The molecule has 2 amide bonds. The topological polar surface area (TPSA) is 99.6 Å². The Labute approximate surface area is 195 Å². The highest BCUT2D eigenvalue weighted by Crippen LogP contribution is 2.26. The first kappa shape index (κ1) is 24.8. The Bertz CT molecular complexity index is 840. The number of piperazine rings is 1. The van der Waals surface area contributed by atoms with Crippen LogP contribution < -0.4 is 0 Å². The van der Waals surface area contributed by atoms with Crippen LogP contribution >= 0.6 is 0 Å². The van der Waals surface area contributed by atoms with E-state index in [1.807, 2.05) is 58.0 Å². The van der Waals surface area contributed by atoms with Crippen LogP contribution in [0.3, 0.4) is 0 Å². The molecule has 0 unspecified atom stereocenters. The molecule has 9 nitrogen and oxygen atoms in total. The lowest BCUT2D eigenvalue weighted by Crippen LogP contribution is -2.62. The number of carboxylic acid groups (broad SMARTS) is 1. The van der Waals surface area contributed by atoms with Crippen molar-refractivity contribution in [2.24, 2.45) is 5.92 Å². The largest absolute Gasteiger partial charge is 0.481 e. The number of nitrogens with zero attached hydrogens (tertiary/aromatic N) is 3. The van der Waals surface area contributed by atoms with E-state index in [-0.39, 0.29) is 31.3 Å². The second-order valence-corrected chi connectivity index (χ2v) is 9.88. The summed E-state index contributed by atoms with van der Waals surface area (Å²) in [6.07, 6.45) is -0.392. The van der Waals surface area contributed by atoms with E-state index >= 15 is 0 Å².